The Labute approximate surface area is 142 Å². The molecule has 0 saturated heterocycles. The van der Waals surface area contributed by atoms with Crippen molar-refractivity contribution < 1.29 is 4.79 Å². The number of nitrogens with one attached hydrogen (secondary N) is 1. The van der Waals surface area contributed by atoms with E-state index in [9.17, 15) is 4.79 Å². The number of rotatable bonds is 5. The summed E-state index contributed by atoms with van der Waals surface area (Å²) >= 11 is 1.50. The quantitative estimate of drug-likeness (QED) is 0.609. The van der Waals surface area contributed by atoms with Crippen LogP contribution in [0.2, 0.25) is 0 Å². The van der Waals surface area contributed by atoms with E-state index in [4.69, 9.17) is 0 Å². The van der Waals surface area contributed by atoms with Crippen molar-refractivity contribution in [2.75, 3.05) is 0 Å². The second-order valence-corrected chi connectivity index (χ2v) is 6.29. The molecule has 1 amide bonds. The first-order valence-electron chi connectivity index (χ1n) is 7.53. The van der Waals surface area contributed by atoms with Gasteiger partial charge in [0.1, 0.15) is 5.69 Å². The normalized spacial score (nSPS) is 12.3. The maximum atomic E-state index is 12.6. The number of benzene rings is 1. The van der Waals surface area contributed by atoms with E-state index in [0.29, 0.717) is 12.2 Å². The summed E-state index contributed by atoms with van der Waals surface area (Å²) in [4.78, 5) is 21.9. The maximum Gasteiger partial charge on any atom is 0.272 e. The standard InChI is InChI=1S/C17H15N5OS/c23-16(15-11-22-8-9-24-17(22)20-15)19-14(10-21-7-6-18-12-21)13-4-2-1-3-5-13/h1-9,11-12,14H,10H2,(H,19,23). The van der Waals surface area contributed by atoms with E-state index < -0.39 is 0 Å². The fourth-order valence-electron chi connectivity index (χ4n) is 2.59. The van der Waals surface area contributed by atoms with Crippen molar-refractivity contribution in [1.82, 2.24) is 24.3 Å². The SMILES string of the molecule is O=C(NC(Cn1ccnc1)c1ccccc1)c1cn2ccsc2n1. The minimum absolute atomic E-state index is 0.160. The number of carbonyl (C=O) groups is 1. The zero-order valence-electron chi connectivity index (χ0n) is 12.7. The molecule has 0 fully saturated rings. The molecular weight excluding hydrogens is 322 g/mol. The van der Waals surface area contributed by atoms with E-state index in [1.54, 1.807) is 18.7 Å². The first kappa shape index (κ1) is 14.6. The molecule has 0 radical (unpaired) electrons. The van der Waals surface area contributed by atoms with Gasteiger partial charge in [-0.1, -0.05) is 30.3 Å². The number of imidazole rings is 2. The molecule has 3 aromatic heterocycles. The molecule has 0 bridgehead atoms. The number of carbonyl (C=O) groups excluding carboxylic acids is 1. The Morgan fingerprint density at radius 1 is 1.25 bits per heavy atom. The van der Waals surface area contributed by atoms with Crippen LogP contribution >= 0.6 is 11.3 Å². The van der Waals surface area contributed by atoms with Gasteiger partial charge in [0.15, 0.2) is 4.96 Å². The summed E-state index contributed by atoms with van der Waals surface area (Å²) in [5.74, 6) is -0.181. The van der Waals surface area contributed by atoms with E-state index in [1.807, 2.05) is 57.1 Å². The molecule has 1 atom stereocenters. The summed E-state index contributed by atoms with van der Waals surface area (Å²) in [6.07, 6.45) is 9.00. The highest BCUT2D eigenvalue weighted by atomic mass is 32.1. The van der Waals surface area contributed by atoms with E-state index in [1.165, 1.54) is 11.3 Å². The van der Waals surface area contributed by atoms with Gasteiger partial charge in [-0.15, -0.1) is 11.3 Å². The van der Waals surface area contributed by atoms with Gasteiger partial charge < -0.3 is 9.88 Å². The number of aromatic nitrogens is 4. The summed E-state index contributed by atoms with van der Waals surface area (Å²) in [7, 11) is 0. The maximum absolute atomic E-state index is 12.6. The summed E-state index contributed by atoms with van der Waals surface area (Å²) in [6, 6.07) is 9.75. The number of fused-ring (bicyclic) bond motifs is 1. The first-order chi connectivity index (χ1) is 11.8. The van der Waals surface area contributed by atoms with Gasteiger partial charge >= 0.3 is 0 Å². The molecule has 3 heterocycles. The fraction of sp³-hybridized carbons (Fsp3) is 0.118. The molecule has 0 aliphatic carbocycles. The van der Waals surface area contributed by atoms with Crippen molar-refractivity contribution in [3.05, 3.63) is 78.1 Å². The van der Waals surface area contributed by atoms with Gasteiger partial charge in [-0.3, -0.25) is 9.20 Å². The van der Waals surface area contributed by atoms with Crippen molar-refractivity contribution in [2.24, 2.45) is 0 Å². The predicted molar refractivity (Wildman–Crippen MR) is 91.9 cm³/mol. The van der Waals surface area contributed by atoms with Crippen LogP contribution in [0.5, 0.6) is 0 Å². The molecule has 0 aliphatic heterocycles. The van der Waals surface area contributed by atoms with Crippen molar-refractivity contribution in [3.8, 4) is 0 Å². The monoisotopic (exact) mass is 337 g/mol. The van der Waals surface area contributed by atoms with E-state index in [0.717, 1.165) is 10.5 Å². The predicted octanol–water partition coefficient (Wildman–Crippen LogP) is 2.76. The minimum atomic E-state index is -0.181. The number of thiazole rings is 1. The Morgan fingerprint density at radius 2 is 2.12 bits per heavy atom. The summed E-state index contributed by atoms with van der Waals surface area (Å²) in [5, 5.41) is 5.02. The third-order valence-electron chi connectivity index (χ3n) is 3.79. The highest BCUT2D eigenvalue weighted by Crippen LogP contribution is 2.17. The molecule has 24 heavy (non-hydrogen) atoms. The Bertz CT molecular complexity index is 913. The zero-order valence-corrected chi connectivity index (χ0v) is 13.6. The van der Waals surface area contributed by atoms with Crippen LogP contribution in [0.4, 0.5) is 0 Å². The molecule has 120 valence electrons. The van der Waals surface area contributed by atoms with Gasteiger partial charge in [0, 0.05) is 36.7 Å². The minimum Gasteiger partial charge on any atom is -0.342 e. The lowest BCUT2D eigenvalue weighted by Gasteiger charge is -2.19. The zero-order chi connectivity index (χ0) is 16.4. The lowest BCUT2D eigenvalue weighted by atomic mass is 10.1. The molecule has 7 heteroatoms. The van der Waals surface area contributed by atoms with Gasteiger partial charge in [0.05, 0.1) is 12.4 Å². The highest BCUT2D eigenvalue weighted by molar-refractivity contribution is 7.15. The number of hydrogen-bond donors (Lipinski definition) is 1. The summed E-state index contributed by atoms with van der Waals surface area (Å²) < 4.78 is 3.80. The van der Waals surface area contributed by atoms with Crippen LogP contribution in [0.25, 0.3) is 4.96 Å². The molecule has 4 rings (SSSR count). The average Bonchev–Trinajstić information content (AvgIpc) is 3.32. The van der Waals surface area contributed by atoms with Crippen molar-refractivity contribution >= 4 is 22.2 Å². The van der Waals surface area contributed by atoms with E-state index >= 15 is 0 Å². The Hall–Kier alpha value is -2.93. The smallest absolute Gasteiger partial charge is 0.272 e. The molecule has 4 aromatic rings. The van der Waals surface area contributed by atoms with Crippen LogP contribution in [0.15, 0.2) is 66.8 Å². The van der Waals surface area contributed by atoms with E-state index in [2.05, 4.69) is 15.3 Å². The van der Waals surface area contributed by atoms with Crippen molar-refractivity contribution in [3.63, 3.8) is 0 Å². The fourth-order valence-corrected chi connectivity index (χ4v) is 3.29. The van der Waals surface area contributed by atoms with Gasteiger partial charge in [-0.25, -0.2) is 9.97 Å². The molecule has 1 aromatic carbocycles. The Balaban J connectivity index is 1.58. The average molecular weight is 337 g/mol. The first-order valence-corrected chi connectivity index (χ1v) is 8.41. The third kappa shape index (κ3) is 2.93. The second-order valence-electron chi connectivity index (χ2n) is 5.42. The van der Waals surface area contributed by atoms with Gasteiger partial charge in [0.25, 0.3) is 5.91 Å². The third-order valence-corrected chi connectivity index (χ3v) is 4.56. The van der Waals surface area contributed by atoms with Crippen LogP contribution in [-0.4, -0.2) is 24.8 Å². The summed E-state index contributed by atoms with van der Waals surface area (Å²) in [6.45, 7) is 0.609. The molecule has 1 unspecified atom stereocenters. The number of nitrogens with zero attached hydrogens (tertiary/aromatic N) is 4. The van der Waals surface area contributed by atoms with E-state index in [-0.39, 0.29) is 11.9 Å². The largest absolute Gasteiger partial charge is 0.342 e. The van der Waals surface area contributed by atoms with Crippen LogP contribution in [0, 0.1) is 0 Å². The Kier molecular flexibility index (Phi) is 3.84. The van der Waals surface area contributed by atoms with Gasteiger partial charge in [-0.05, 0) is 5.56 Å². The van der Waals surface area contributed by atoms with Crippen LogP contribution in [0.1, 0.15) is 22.1 Å². The number of amides is 1. The summed E-state index contributed by atoms with van der Waals surface area (Å²) in [5.41, 5.74) is 1.47. The van der Waals surface area contributed by atoms with Crippen LogP contribution < -0.4 is 5.32 Å². The van der Waals surface area contributed by atoms with Gasteiger partial charge in [-0.2, -0.15) is 0 Å². The van der Waals surface area contributed by atoms with Crippen LogP contribution in [0.3, 0.4) is 0 Å². The molecule has 6 nitrogen and oxygen atoms in total. The second kappa shape index (κ2) is 6.29. The molecule has 0 saturated carbocycles. The number of hydrogen-bond acceptors (Lipinski definition) is 4. The lowest BCUT2D eigenvalue weighted by molar-refractivity contribution is 0.0928. The van der Waals surface area contributed by atoms with Gasteiger partial charge in [0.2, 0.25) is 0 Å². The Morgan fingerprint density at radius 3 is 2.88 bits per heavy atom. The lowest BCUT2D eigenvalue weighted by Crippen LogP contribution is -2.31. The topological polar surface area (TPSA) is 64.2 Å². The molecule has 1 N–H and O–H groups in total. The molecule has 0 aliphatic rings. The van der Waals surface area contributed by atoms with Crippen molar-refractivity contribution in [1.29, 1.82) is 0 Å². The molecular formula is C17H15N5OS. The highest BCUT2D eigenvalue weighted by Gasteiger charge is 2.18. The van der Waals surface area contributed by atoms with Crippen molar-refractivity contribution in [2.45, 2.75) is 12.6 Å². The molecule has 0 spiro atoms. The van der Waals surface area contributed by atoms with Crippen LogP contribution in [-0.2, 0) is 6.54 Å².